The Morgan fingerprint density at radius 2 is 2.00 bits per heavy atom. The van der Waals surface area contributed by atoms with E-state index in [4.69, 9.17) is 5.73 Å². The van der Waals surface area contributed by atoms with Crippen LogP contribution in [0, 0.1) is 12.7 Å². The zero-order valence-corrected chi connectivity index (χ0v) is 12.2. The quantitative estimate of drug-likeness (QED) is 0.801. The smallest absolute Gasteiger partial charge is 0.126 e. The van der Waals surface area contributed by atoms with Crippen molar-refractivity contribution >= 4 is 11.0 Å². The summed E-state index contributed by atoms with van der Waals surface area (Å²) in [4.78, 5) is 4.61. The van der Waals surface area contributed by atoms with Crippen molar-refractivity contribution in [3.63, 3.8) is 0 Å². The number of para-hydroxylation sites is 2. The summed E-state index contributed by atoms with van der Waals surface area (Å²) in [5.41, 5.74) is 9.68. The summed E-state index contributed by atoms with van der Waals surface area (Å²) < 4.78 is 15.7. The second-order valence-corrected chi connectivity index (χ2v) is 5.40. The van der Waals surface area contributed by atoms with Crippen LogP contribution < -0.4 is 5.73 Å². The van der Waals surface area contributed by atoms with E-state index in [-0.39, 0.29) is 11.9 Å². The van der Waals surface area contributed by atoms with Crippen molar-refractivity contribution in [3.05, 3.63) is 65.2 Å². The molecule has 2 aromatic carbocycles. The van der Waals surface area contributed by atoms with Crippen molar-refractivity contribution < 1.29 is 4.39 Å². The van der Waals surface area contributed by atoms with Gasteiger partial charge < -0.3 is 10.3 Å². The standard InChI is InChI=1S/C17H18FN3/c1-11-7-8-12(9-13(11)18)14(19)10-17-20-15-5-3-4-6-16(15)21(17)2/h3-9,14H,10,19H2,1-2H3. The van der Waals surface area contributed by atoms with E-state index in [1.165, 1.54) is 6.07 Å². The maximum absolute atomic E-state index is 13.6. The minimum atomic E-state index is -0.268. The summed E-state index contributed by atoms with van der Waals surface area (Å²) >= 11 is 0. The lowest BCUT2D eigenvalue weighted by molar-refractivity contribution is 0.605. The van der Waals surface area contributed by atoms with Gasteiger partial charge in [0.25, 0.3) is 0 Å². The molecule has 3 aromatic rings. The van der Waals surface area contributed by atoms with Gasteiger partial charge in [0, 0.05) is 19.5 Å². The fourth-order valence-electron chi connectivity index (χ4n) is 2.53. The summed E-state index contributed by atoms with van der Waals surface area (Å²) in [6.07, 6.45) is 0.577. The molecule has 108 valence electrons. The lowest BCUT2D eigenvalue weighted by Gasteiger charge is -2.12. The Bertz CT molecular complexity index is 792. The van der Waals surface area contributed by atoms with Gasteiger partial charge in [-0.3, -0.25) is 0 Å². The normalized spacial score (nSPS) is 12.8. The first kappa shape index (κ1) is 13.8. The SMILES string of the molecule is Cc1ccc(C(N)Cc2nc3ccccc3n2C)cc1F. The predicted octanol–water partition coefficient (Wildman–Crippen LogP) is 3.26. The van der Waals surface area contributed by atoms with Gasteiger partial charge in [-0.1, -0.05) is 24.3 Å². The molecule has 0 bridgehead atoms. The molecule has 1 aromatic heterocycles. The van der Waals surface area contributed by atoms with Crippen LogP contribution in [0.4, 0.5) is 4.39 Å². The number of halogens is 1. The van der Waals surface area contributed by atoms with Crippen molar-refractivity contribution in [3.8, 4) is 0 Å². The number of nitrogens with two attached hydrogens (primary N) is 1. The van der Waals surface area contributed by atoms with Crippen molar-refractivity contribution in [1.82, 2.24) is 9.55 Å². The van der Waals surface area contributed by atoms with E-state index in [1.54, 1.807) is 13.0 Å². The van der Waals surface area contributed by atoms with E-state index in [9.17, 15) is 4.39 Å². The third kappa shape index (κ3) is 2.54. The Kier molecular flexibility index (Phi) is 3.47. The fourth-order valence-corrected chi connectivity index (χ4v) is 2.53. The minimum absolute atomic E-state index is 0.215. The van der Waals surface area contributed by atoms with E-state index in [0.717, 1.165) is 22.4 Å². The van der Waals surface area contributed by atoms with Gasteiger partial charge in [-0.25, -0.2) is 9.37 Å². The summed E-state index contributed by atoms with van der Waals surface area (Å²) in [6, 6.07) is 12.9. The van der Waals surface area contributed by atoms with Crippen LogP contribution in [0.1, 0.15) is 23.0 Å². The van der Waals surface area contributed by atoms with Gasteiger partial charge in [0.2, 0.25) is 0 Å². The number of imidazole rings is 1. The molecule has 2 N–H and O–H groups in total. The first-order valence-corrected chi connectivity index (χ1v) is 6.98. The molecular formula is C17H18FN3. The molecule has 1 heterocycles. The summed E-state index contributed by atoms with van der Waals surface area (Å²) in [6.45, 7) is 1.75. The van der Waals surface area contributed by atoms with E-state index in [2.05, 4.69) is 4.98 Å². The molecule has 0 amide bonds. The molecule has 0 saturated carbocycles. The molecule has 3 nitrogen and oxygen atoms in total. The maximum atomic E-state index is 13.6. The van der Waals surface area contributed by atoms with Crippen LogP contribution in [0.3, 0.4) is 0 Å². The van der Waals surface area contributed by atoms with Gasteiger partial charge in [-0.05, 0) is 36.2 Å². The topological polar surface area (TPSA) is 43.8 Å². The first-order chi connectivity index (χ1) is 10.1. The Morgan fingerprint density at radius 1 is 1.24 bits per heavy atom. The van der Waals surface area contributed by atoms with Crippen LogP contribution in [-0.4, -0.2) is 9.55 Å². The number of aryl methyl sites for hydroxylation is 2. The van der Waals surface area contributed by atoms with Gasteiger partial charge >= 0.3 is 0 Å². The van der Waals surface area contributed by atoms with E-state index < -0.39 is 0 Å². The van der Waals surface area contributed by atoms with Crippen LogP contribution in [0.5, 0.6) is 0 Å². The van der Waals surface area contributed by atoms with Gasteiger partial charge in [-0.2, -0.15) is 0 Å². The molecular weight excluding hydrogens is 265 g/mol. The second kappa shape index (κ2) is 5.30. The number of hydrogen-bond acceptors (Lipinski definition) is 2. The molecule has 4 heteroatoms. The number of fused-ring (bicyclic) bond motifs is 1. The first-order valence-electron chi connectivity index (χ1n) is 6.98. The molecule has 1 unspecified atom stereocenters. The Balaban J connectivity index is 1.90. The fraction of sp³-hybridized carbons (Fsp3) is 0.235. The molecule has 0 spiro atoms. The molecule has 0 aliphatic heterocycles. The third-order valence-corrected chi connectivity index (χ3v) is 3.91. The molecule has 21 heavy (non-hydrogen) atoms. The summed E-state index contributed by atoms with van der Waals surface area (Å²) in [5.74, 6) is 0.692. The Hall–Kier alpha value is -2.20. The third-order valence-electron chi connectivity index (χ3n) is 3.91. The Labute approximate surface area is 123 Å². The monoisotopic (exact) mass is 283 g/mol. The summed E-state index contributed by atoms with van der Waals surface area (Å²) in [7, 11) is 1.98. The predicted molar refractivity (Wildman–Crippen MR) is 82.5 cm³/mol. The summed E-state index contributed by atoms with van der Waals surface area (Å²) in [5, 5.41) is 0. The number of rotatable bonds is 3. The molecule has 0 fully saturated rings. The zero-order valence-electron chi connectivity index (χ0n) is 12.2. The molecule has 0 radical (unpaired) electrons. The number of hydrogen-bond donors (Lipinski definition) is 1. The van der Waals surface area contributed by atoms with E-state index >= 15 is 0 Å². The van der Waals surface area contributed by atoms with Crippen LogP contribution in [0.25, 0.3) is 11.0 Å². The molecule has 0 saturated heterocycles. The molecule has 0 aliphatic rings. The largest absolute Gasteiger partial charge is 0.331 e. The minimum Gasteiger partial charge on any atom is -0.331 e. The lowest BCUT2D eigenvalue weighted by atomic mass is 10.0. The molecule has 1 atom stereocenters. The highest BCUT2D eigenvalue weighted by Gasteiger charge is 2.14. The number of nitrogens with zero attached hydrogens (tertiary/aromatic N) is 2. The highest BCUT2D eigenvalue weighted by atomic mass is 19.1. The van der Waals surface area contributed by atoms with E-state index in [0.29, 0.717) is 12.0 Å². The average Bonchev–Trinajstić information content (AvgIpc) is 2.79. The highest BCUT2D eigenvalue weighted by Crippen LogP contribution is 2.21. The van der Waals surface area contributed by atoms with Crippen molar-refractivity contribution in [2.45, 2.75) is 19.4 Å². The van der Waals surface area contributed by atoms with Crippen LogP contribution in [0.2, 0.25) is 0 Å². The Morgan fingerprint density at radius 3 is 2.71 bits per heavy atom. The number of benzene rings is 2. The van der Waals surface area contributed by atoms with Gasteiger partial charge in [0.05, 0.1) is 11.0 Å². The van der Waals surface area contributed by atoms with Gasteiger partial charge in [0.15, 0.2) is 0 Å². The van der Waals surface area contributed by atoms with Crippen molar-refractivity contribution in [2.75, 3.05) is 0 Å². The highest BCUT2D eigenvalue weighted by molar-refractivity contribution is 5.75. The van der Waals surface area contributed by atoms with Crippen molar-refractivity contribution in [2.24, 2.45) is 12.8 Å². The zero-order chi connectivity index (χ0) is 15.0. The maximum Gasteiger partial charge on any atom is 0.126 e. The average molecular weight is 283 g/mol. The van der Waals surface area contributed by atoms with E-state index in [1.807, 2.05) is 41.9 Å². The lowest BCUT2D eigenvalue weighted by Crippen LogP contribution is -2.16. The second-order valence-electron chi connectivity index (χ2n) is 5.40. The van der Waals surface area contributed by atoms with Crippen LogP contribution in [-0.2, 0) is 13.5 Å². The van der Waals surface area contributed by atoms with Crippen LogP contribution in [0.15, 0.2) is 42.5 Å². The van der Waals surface area contributed by atoms with Gasteiger partial charge in [-0.15, -0.1) is 0 Å². The van der Waals surface area contributed by atoms with Crippen LogP contribution >= 0.6 is 0 Å². The number of aromatic nitrogens is 2. The molecule has 3 rings (SSSR count). The molecule has 0 aliphatic carbocycles. The van der Waals surface area contributed by atoms with Gasteiger partial charge in [0.1, 0.15) is 11.6 Å². The van der Waals surface area contributed by atoms with Crippen molar-refractivity contribution in [1.29, 1.82) is 0 Å².